The maximum Gasteiger partial charge on any atom is 0.257 e. The summed E-state index contributed by atoms with van der Waals surface area (Å²) in [6.07, 6.45) is 11.3. The first kappa shape index (κ1) is 20.0. The molecule has 0 aromatic carbocycles. The number of ether oxygens (including phenoxy) is 3. The highest BCUT2D eigenvalue weighted by Gasteiger charge is 2.63. The molecule has 10 nitrogen and oxygen atoms in total. The lowest BCUT2D eigenvalue weighted by Crippen LogP contribution is -2.54. The van der Waals surface area contributed by atoms with Gasteiger partial charge in [0.25, 0.3) is 5.91 Å². The largest absolute Gasteiger partial charge is 0.378 e. The average molecular weight is 438 g/mol. The van der Waals surface area contributed by atoms with Crippen molar-refractivity contribution in [2.24, 2.45) is 0 Å². The number of anilines is 1. The van der Waals surface area contributed by atoms with Crippen LogP contribution in [0.2, 0.25) is 0 Å². The Morgan fingerprint density at radius 3 is 2.62 bits per heavy atom. The smallest absolute Gasteiger partial charge is 0.257 e. The van der Waals surface area contributed by atoms with Crippen molar-refractivity contribution < 1.29 is 19.0 Å². The van der Waals surface area contributed by atoms with Crippen molar-refractivity contribution in [2.75, 3.05) is 31.2 Å². The van der Waals surface area contributed by atoms with Gasteiger partial charge in [-0.15, -0.1) is 0 Å². The van der Waals surface area contributed by atoms with Gasteiger partial charge in [-0.2, -0.15) is 0 Å². The summed E-state index contributed by atoms with van der Waals surface area (Å²) in [6, 6.07) is -0.0531. The van der Waals surface area contributed by atoms with Gasteiger partial charge in [-0.1, -0.05) is 0 Å². The van der Waals surface area contributed by atoms with E-state index in [-0.39, 0.29) is 24.3 Å². The van der Waals surface area contributed by atoms with E-state index in [1.807, 2.05) is 17.3 Å². The molecule has 0 radical (unpaired) electrons. The normalized spacial score (nSPS) is 31.8. The van der Waals surface area contributed by atoms with Crippen LogP contribution in [-0.4, -0.2) is 75.0 Å². The van der Waals surface area contributed by atoms with Gasteiger partial charge in [-0.25, -0.2) is 9.97 Å². The van der Waals surface area contributed by atoms with Crippen LogP contribution in [0.4, 0.5) is 5.95 Å². The van der Waals surface area contributed by atoms with E-state index in [0.29, 0.717) is 32.7 Å². The summed E-state index contributed by atoms with van der Waals surface area (Å²) in [5.41, 5.74) is 1.01. The van der Waals surface area contributed by atoms with Gasteiger partial charge in [0.1, 0.15) is 6.23 Å². The van der Waals surface area contributed by atoms with Crippen LogP contribution in [0, 0.1) is 0 Å². The summed E-state index contributed by atoms with van der Waals surface area (Å²) >= 11 is 0. The Bertz CT molecular complexity index is 962. The zero-order valence-corrected chi connectivity index (χ0v) is 17.8. The van der Waals surface area contributed by atoms with Crippen LogP contribution in [0.1, 0.15) is 43.0 Å². The number of hydrogen-bond acceptors (Lipinski definition) is 9. The number of morpholine rings is 1. The third kappa shape index (κ3) is 3.42. The third-order valence-corrected chi connectivity index (χ3v) is 6.83. The molecule has 3 aliphatic heterocycles. The van der Waals surface area contributed by atoms with E-state index in [9.17, 15) is 4.79 Å². The molecule has 0 N–H and O–H groups in total. The van der Waals surface area contributed by atoms with E-state index < -0.39 is 5.60 Å². The third-order valence-electron chi connectivity index (χ3n) is 6.83. The number of carbonyl (C=O) groups excluding carboxylic acids is 1. The fraction of sp³-hybridized carbons (Fsp3) is 0.591. The molecule has 1 spiro atoms. The average Bonchev–Trinajstić information content (AvgIpc) is 3.36. The maximum atomic E-state index is 13.2. The van der Waals surface area contributed by atoms with Gasteiger partial charge in [0.2, 0.25) is 5.95 Å². The summed E-state index contributed by atoms with van der Waals surface area (Å²) in [6.45, 7) is 3.45. The second-order valence-electron chi connectivity index (χ2n) is 8.83. The molecule has 168 valence electrons. The highest BCUT2D eigenvalue weighted by molar-refractivity contribution is 5.89. The topological polar surface area (TPSA) is 103 Å². The summed E-state index contributed by atoms with van der Waals surface area (Å²) in [7, 11) is 0. The molecular formula is C22H26N6O4. The number of aromatic nitrogens is 4. The number of hydrogen-bond donors (Lipinski definition) is 0. The van der Waals surface area contributed by atoms with Gasteiger partial charge in [0, 0.05) is 56.3 Å². The van der Waals surface area contributed by atoms with Gasteiger partial charge in [0.15, 0.2) is 5.60 Å². The molecule has 1 aliphatic carbocycles. The SMILES string of the molecule is O=C1N2C(CC[C@H]2c2cnccn2)OC12CC(OCc1cnc(N3CCOCC3)nc1)C2. The molecule has 2 atom stereocenters. The van der Waals surface area contributed by atoms with Crippen molar-refractivity contribution in [3.8, 4) is 0 Å². The van der Waals surface area contributed by atoms with Crippen molar-refractivity contribution in [1.82, 2.24) is 24.8 Å². The Morgan fingerprint density at radius 2 is 1.88 bits per heavy atom. The Balaban J connectivity index is 1.03. The van der Waals surface area contributed by atoms with Crippen molar-refractivity contribution in [2.45, 2.75) is 56.3 Å². The first-order chi connectivity index (χ1) is 15.7. The molecule has 2 aromatic heterocycles. The Kier molecular flexibility index (Phi) is 5.00. The first-order valence-electron chi connectivity index (χ1n) is 11.2. The lowest BCUT2D eigenvalue weighted by Gasteiger charge is -2.42. The van der Waals surface area contributed by atoms with E-state index in [4.69, 9.17) is 14.2 Å². The van der Waals surface area contributed by atoms with Gasteiger partial charge in [0.05, 0.1) is 43.9 Å². The number of amides is 1. The molecule has 1 saturated carbocycles. The summed E-state index contributed by atoms with van der Waals surface area (Å²) in [5, 5.41) is 0. The molecule has 10 heteroatoms. The quantitative estimate of drug-likeness (QED) is 0.682. The van der Waals surface area contributed by atoms with Crippen molar-refractivity contribution in [3.63, 3.8) is 0 Å². The van der Waals surface area contributed by atoms with Crippen LogP contribution in [0.3, 0.4) is 0 Å². The van der Waals surface area contributed by atoms with Crippen LogP contribution in [0.15, 0.2) is 31.0 Å². The molecule has 2 aromatic rings. The summed E-state index contributed by atoms with van der Waals surface area (Å²) in [4.78, 5) is 34.7. The lowest BCUT2D eigenvalue weighted by atomic mass is 9.76. The number of fused-ring (bicyclic) bond motifs is 1. The van der Waals surface area contributed by atoms with Crippen LogP contribution >= 0.6 is 0 Å². The van der Waals surface area contributed by atoms with Crippen LogP contribution in [0.25, 0.3) is 0 Å². The van der Waals surface area contributed by atoms with E-state index in [2.05, 4.69) is 24.8 Å². The number of carbonyl (C=O) groups is 1. The summed E-state index contributed by atoms with van der Waals surface area (Å²) in [5.74, 6) is 0.788. The molecular weight excluding hydrogens is 412 g/mol. The Hall–Kier alpha value is -2.69. The molecule has 4 aliphatic rings. The van der Waals surface area contributed by atoms with Crippen LogP contribution in [-0.2, 0) is 25.6 Å². The van der Waals surface area contributed by atoms with Gasteiger partial charge in [-0.05, 0) is 12.8 Å². The van der Waals surface area contributed by atoms with Crippen molar-refractivity contribution in [3.05, 3.63) is 42.2 Å². The zero-order chi connectivity index (χ0) is 21.5. The van der Waals surface area contributed by atoms with Crippen molar-refractivity contribution >= 4 is 11.9 Å². The number of nitrogens with zero attached hydrogens (tertiary/aromatic N) is 6. The van der Waals surface area contributed by atoms with E-state index >= 15 is 0 Å². The highest BCUT2D eigenvalue weighted by atomic mass is 16.6. The van der Waals surface area contributed by atoms with Crippen molar-refractivity contribution in [1.29, 1.82) is 0 Å². The molecule has 1 unspecified atom stereocenters. The molecule has 0 bridgehead atoms. The molecule has 32 heavy (non-hydrogen) atoms. The van der Waals surface area contributed by atoms with E-state index in [0.717, 1.165) is 43.1 Å². The van der Waals surface area contributed by atoms with Gasteiger partial charge < -0.3 is 24.0 Å². The predicted molar refractivity (Wildman–Crippen MR) is 111 cm³/mol. The molecule has 1 amide bonds. The zero-order valence-electron chi connectivity index (χ0n) is 17.8. The molecule has 5 heterocycles. The minimum absolute atomic E-state index is 0.00661. The fourth-order valence-electron chi connectivity index (χ4n) is 5.11. The van der Waals surface area contributed by atoms with Gasteiger partial charge in [-0.3, -0.25) is 14.8 Å². The summed E-state index contributed by atoms with van der Waals surface area (Å²) < 4.78 is 17.6. The highest BCUT2D eigenvalue weighted by Crippen LogP contribution is 2.51. The number of rotatable bonds is 5. The lowest BCUT2D eigenvalue weighted by molar-refractivity contribution is -0.177. The minimum Gasteiger partial charge on any atom is -0.378 e. The van der Waals surface area contributed by atoms with Crippen LogP contribution in [0.5, 0.6) is 0 Å². The fourth-order valence-corrected chi connectivity index (χ4v) is 5.11. The standard InChI is InChI=1S/C22H26N6O4/c29-20-22(32-19-2-1-18(28(19)20)17-13-23-3-4-24-17)9-16(10-22)31-14-15-11-25-21(26-12-15)27-5-7-30-8-6-27/h3-4,11-13,16,18-19H,1-2,5-10,14H2/t16?,18-,19?,22?/m0/s1. The van der Waals surface area contributed by atoms with Crippen LogP contribution < -0.4 is 4.90 Å². The molecule has 6 rings (SSSR count). The second kappa shape index (κ2) is 8.02. The monoisotopic (exact) mass is 438 g/mol. The van der Waals surface area contributed by atoms with E-state index in [1.165, 1.54) is 0 Å². The minimum atomic E-state index is -0.743. The van der Waals surface area contributed by atoms with E-state index in [1.54, 1.807) is 18.6 Å². The Morgan fingerprint density at radius 1 is 1.06 bits per heavy atom. The van der Waals surface area contributed by atoms with Gasteiger partial charge >= 0.3 is 0 Å². The Labute approximate surface area is 185 Å². The molecule has 3 saturated heterocycles. The molecule has 4 fully saturated rings. The predicted octanol–water partition coefficient (Wildman–Crippen LogP) is 1.24. The first-order valence-corrected chi connectivity index (χ1v) is 11.2. The second-order valence-corrected chi connectivity index (χ2v) is 8.83. The maximum absolute atomic E-state index is 13.2.